The monoisotopic (exact) mass is 281 g/mol. The SMILES string of the molecule is C[NH][Sn][c]1ccc(N)cc1CC#N. The van der Waals surface area contributed by atoms with Crippen molar-refractivity contribution in [3.8, 4) is 6.07 Å². The van der Waals surface area contributed by atoms with Gasteiger partial charge in [0.05, 0.1) is 0 Å². The maximum absolute atomic E-state index is 8.61. The molecule has 66 valence electrons. The molecule has 0 aliphatic heterocycles. The Labute approximate surface area is 88.5 Å². The van der Waals surface area contributed by atoms with Crippen molar-refractivity contribution in [3.05, 3.63) is 23.8 Å². The van der Waals surface area contributed by atoms with E-state index in [1.807, 2.05) is 25.2 Å². The molecule has 3 nitrogen and oxygen atoms in total. The van der Waals surface area contributed by atoms with Crippen LogP contribution in [-0.4, -0.2) is 28.5 Å². The second kappa shape index (κ2) is 5.10. The number of hydrogen-bond acceptors (Lipinski definition) is 3. The first-order valence-corrected chi connectivity index (χ1v) is 6.81. The predicted octanol–water partition coefficient (Wildman–Crippen LogP) is -0.201. The minimum absolute atomic E-state index is 0.461. The molecule has 0 aliphatic rings. The zero-order chi connectivity index (χ0) is 9.68. The van der Waals surface area contributed by atoms with Crippen LogP contribution in [0.2, 0.25) is 0 Å². The topological polar surface area (TPSA) is 61.8 Å². The number of rotatable bonds is 3. The summed E-state index contributed by atoms with van der Waals surface area (Å²) < 4.78 is 4.53. The van der Waals surface area contributed by atoms with Crippen LogP contribution in [0.15, 0.2) is 18.2 Å². The Bertz CT molecular complexity index is 330. The Morgan fingerprint density at radius 3 is 3.00 bits per heavy atom. The van der Waals surface area contributed by atoms with Gasteiger partial charge in [-0.05, 0) is 0 Å². The molecule has 0 spiro atoms. The van der Waals surface area contributed by atoms with E-state index < -0.39 is 21.4 Å². The fourth-order valence-electron chi connectivity index (χ4n) is 1.10. The molecule has 0 aliphatic carbocycles. The van der Waals surface area contributed by atoms with Crippen LogP contribution < -0.4 is 12.9 Å². The summed E-state index contributed by atoms with van der Waals surface area (Å²) in [4.78, 5) is 0. The van der Waals surface area contributed by atoms with E-state index in [2.05, 4.69) is 9.61 Å². The number of nitrogens with one attached hydrogen (secondary N) is 1. The summed E-state index contributed by atoms with van der Waals surface area (Å²) >= 11 is -0.691. The van der Waals surface area contributed by atoms with Crippen LogP contribution in [0.1, 0.15) is 5.56 Å². The first kappa shape index (κ1) is 10.4. The second-order valence-electron chi connectivity index (χ2n) is 2.63. The molecule has 0 amide bonds. The van der Waals surface area contributed by atoms with Gasteiger partial charge in [0.25, 0.3) is 0 Å². The van der Waals surface area contributed by atoms with Crippen molar-refractivity contribution in [3.63, 3.8) is 0 Å². The van der Waals surface area contributed by atoms with E-state index in [4.69, 9.17) is 11.0 Å². The number of benzene rings is 1. The Morgan fingerprint density at radius 1 is 1.62 bits per heavy atom. The summed E-state index contributed by atoms with van der Waals surface area (Å²) in [7, 11) is 1.96. The van der Waals surface area contributed by atoms with Crippen LogP contribution in [0.4, 0.5) is 5.69 Å². The maximum atomic E-state index is 8.61. The average molecular weight is 280 g/mol. The van der Waals surface area contributed by atoms with E-state index in [1.54, 1.807) is 0 Å². The predicted molar refractivity (Wildman–Crippen MR) is 54.6 cm³/mol. The van der Waals surface area contributed by atoms with Crippen molar-refractivity contribution in [2.45, 2.75) is 6.42 Å². The fourth-order valence-corrected chi connectivity index (χ4v) is 3.26. The van der Waals surface area contributed by atoms with Gasteiger partial charge in [0.1, 0.15) is 0 Å². The van der Waals surface area contributed by atoms with Gasteiger partial charge in [-0.2, -0.15) is 0 Å². The zero-order valence-corrected chi connectivity index (χ0v) is 10.3. The van der Waals surface area contributed by atoms with Crippen LogP contribution in [0.5, 0.6) is 0 Å². The van der Waals surface area contributed by atoms with E-state index in [0.29, 0.717) is 6.42 Å². The van der Waals surface area contributed by atoms with Gasteiger partial charge < -0.3 is 0 Å². The van der Waals surface area contributed by atoms with Gasteiger partial charge >= 0.3 is 88.5 Å². The first-order chi connectivity index (χ1) is 6.27. The van der Waals surface area contributed by atoms with Crippen LogP contribution >= 0.6 is 0 Å². The normalized spacial score (nSPS) is 9.54. The van der Waals surface area contributed by atoms with Crippen LogP contribution in [0.25, 0.3) is 0 Å². The van der Waals surface area contributed by atoms with Crippen molar-refractivity contribution in [1.29, 1.82) is 5.26 Å². The van der Waals surface area contributed by atoms with Gasteiger partial charge in [-0.3, -0.25) is 0 Å². The molecule has 0 fully saturated rings. The number of nitrogen functional groups attached to an aromatic ring is 1. The molecule has 0 heterocycles. The molecular weight excluding hydrogens is 269 g/mol. The Hall–Kier alpha value is -0.731. The molecule has 1 aromatic rings. The zero-order valence-electron chi connectivity index (χ0n) is 7.46. The Balaban J connectivity index is 2.97. The molecule has 0 saturated carbocycles. The molecule has 2 radical (unpaired) electrons. The van der Waals surface area contributed by atoms with Crippen LogP contribution in [0, 0.1) is 11.3 Å². The molecule has 0 aromatic heterocycles. The molecule has 0 unspecified atom stereocenters. The summed E-state index contributed by atoms with van der Waals surface area (Å²) in [6, 6.07) is 7.98. The van der Waals surface area contributed by atoms with Crippen LogP contribution in [-0.2, 0) is 6.42 Å². The quantitative estimate of drug-likeness (QED) is 0.595. The third-order valence-corrected chi connectivity index (χ3v) is 4.53. The van der Waals surface area contributed by atoms with E-state index in [9.17, 15) is 0 Å². The Kier molecular flexibility index (Phi) is 4.06. The minimum atomic E-state index is -0.691. The molecular formula is C9H11N3Sn. The van der Waals surface area contributed by atoms with E-state index >= 15 is 0 Å². The van der Waals surface area contributed by atoms with Crippen molar-refractivity contribution in [1.82, 2.24) is 3.54 Å². The molecule has 0 atom stereocenters. The van der Waals surface area contributed by atoms with Crippen molar-refractivity contribution in [2.75, 3.05) is 12.8 Å². The number of nitrogens with zero attached hydrogens (tertiary/aromatic N) is 1. The van der Waals surface area contributed by atoms with Gasteiger partial charge in [0.15, 0.2) is 0 Å². The number of hydrogen-bond donors (Lipinski definition) is 2. The second-order valence-corrected chi connectivity index (χ2v) is 6.30. The van der Waals surface area contributed by atoms with E-state index in [1.165, 1.54) is 3.58 Å². The summed E-state index contributed by atoms with van der Waals surface area (Å²) in [5.41, 5.74) is 7.47. The summed E-state index contributed by atoms with van der Waals surface area (Å²) in [6.07, 6.45) is 0.461. The number of nitriles is 1. The number of anilines is 1. The molecule has 1 aromatic carbocycles. The third-order valence-electron chi connectivity index (χ3n) is 1.66. The summed E-state index contributed by atoms with van der Waals surface area (Å²) in [5.74, 6) is 0. The fraction of sp³-hybridized carbons (Fsp3) is 0.222. The van der Waals surface area contributed by atoms with Crippen molar-refractivity contribution in [2.24, 2.45) is 0 Å². The first-order valence-electron chi connectivity index (χ1n) is 3.96. The average Bonchev–Trinajstić information content (AvgIpc) is 2.10. The Morgan fingerprint density at radius 2 is 2.38 bits per heavy atom. The summed E-state index contributed by atoms with van der Waals surface area (Å²) in [6.45, 7) is 0. The van der Waals surface area contributed by atoms with Gasteiger partial charge in [-0.15, -0.1) is 0 Å². The third kappa shape index (κ3) is 2.90. The standard InChI is InChI=1S/C8H7N2.CH4N.Sn/c9-5-4-7-2-1-3-8(10)6-7;1-2;/h1,3,6H,4,10H2;2H,1H3;/q;-1;+1. The number of nitrogens with two attached hydrogens (primary N) is 1. The molecule has 3 N–H and O–H groups in total. The van der Waals surface area contributed by atoms with Crippen molar-refractivity contribution >= 4 is 30.7 Å². The molecule has 0 bridgehead atoms. The van der Waals surface area contributed by atoms with Gasteiger partial charge in [-0.1, -0.05) is 0 Å². The molecule has 13 heavy (non-hydrogen) atoms. The molecule has 0 saturated heterocycles. The molecule has 4 heteroatoms. The van der Waals surface area contributed by atoms with Gasteiger partial charge in [-0.25, -0.2) is 0 Å². The van der Waals surface area contributed by atoms with E-state index in [0.717, 1.165) is 11.3 Å². The van der Waals surface area contributed by atoms with Gasteiger partial charge in [0.2, 0.25) is 0 Å². The molecule has 1 rings (SSSR count). The van der Waals surface area contributed by atoms with Gasteiger partial charge in [0, 0.05) is 0 Å². The van der Waals surface area contributed by atoms with Crippen LogP contribution in [0.3, 0.4) is 0 Å². The van der Waals surface area contributed by atoms with Crippen molar-refractivity contribution < 1.29 is 0 Å². The van der Waals surface area contributed by atoms with E-state index in [-0.39, 0.29) is 0 Å². The summed E-state index contributed by atoms with van der Waals surface area (Å²) in [5, 5.41) is 8.61.